The minimum Gasteiger partial charge on any atom is -0.361 e. The minimum atomic E-state index is -0.196. The van der Waals surface area contributed by atoms with Crippen LogP contribution in [0.2, 0.25) is 0 Å². The van der Waals surface area contributed by atoms with E-state index in [4.69, 9.17) is 0 Å². The Kier molecular flexibility index (Phi) is 4.71. The molecule has 1 fully saturated rings. The molecule has 0 saturated carbocycles. The van der Waals surface area contributed by atoms with Crippen LogP contribution in [0.15, 0.2) is 54.7 Å². The largest absolute Gasteiger partial charge is 0.361 e. The Labute approximate surface area is 152 Å². The van der Waals surface area contributed by atoms with Crippen LogP contribution in [-0.2, 0) is 6.42 Å². The number of hydrogen-bond acceptors (Lipinski definition) is 2. The summed E-state index contributed by atoms with van der Waals surface area (Å²) in [7, 11) is 0. The Morgan fingerprint density at radius 1 is 1.00 bits per heavy atom. The number of aromatic amines is 1. The molecule has 4 nitrogen and oxygen atoms in total. The number of halogens is 1. The quantitative estimate of drug-likeness (QED) is 0.783. The Hall–Kier alpha value is -2.66. The summed E-state index contributed by atoms with van der Waals surface area (Å²) in [6, 6.07) is 14.5. The molecule has 1 saturated heterocycles. The third-order valence-electron chi connectivity index (χ3n) is 5.09. The van der Waals surface area contributed by atoms with Crippen molar-refractivity contribution in [1.29, 1.82) is 0 Å². The number of nitrogens with zero attached hydrogens (tertiary/aromatic N) is 2. The summed E-state index contributed by atoms with van der Waals surface area (Å²) in [6.45, 7) is 4.16. The van der Waals surface area contributed by atoms with E-state index in [0.29, 0.717) is 0 Å². The van der Waals surface area contributed by atoms with Crippen molar-refractivity contribution in [3.8, 4) is 0 Å². The van der Waals surface area contributed by atoms with Crippen molar-refractivity contribution in [2.45, 2.75) is 6.42 Å². The average molecular weight is 351 g/mol. The third-order valence-corrected chi connectivity index (χ3v) is 5.09. The molecule has 26 heavy (non-hydrogen) atoms. The summed E-state index contributed by atoms with van der Waals surface area (Å²) in [5, 5.41) is 1.12. The van der Waals surface area contributed by atoms with Crippen LogP contribution in [0, 0.1) is 5.82 Å². The molecule has 0 aliphatic carbocycles. The summed E-state index contributed by atoms with van der Waals surface area (Å²) in [6.07, 6.45) is 2.79. The summed E-state index contributed by atoms with van der Waals surface area (Å²) < 4.78 is 13.0. The predicted octanol–water partition coefficient (Wildman–Crippen LogP) is 3.31. The van der Waals surface area contributed by atoms with Crippen molar-refractivity contribution in [2.24, 2.45) is 0 Å². The average Bonchev–Trinajstić information content (AvgIpc) is 3.15. The van der Waals surface area contributed by atoms with Gasteiger partial charge in [-0.3, -0.25) is 9.69 Å². The zero-order valence-corrected chi connectivity index (χ0v) is 14.6. The lowest BCUT2D eigenvalue weighted by Gasteiger charge is -2.34. The molecular weight excluding hydrogens is 329 g/mol. The summed E-state index contributed by atoms with van der Waals surface area (Å²) in [4.78, 5) is 20.2. The molecule has 134 valence electrons. The van der Waals surface area contributed by atoms with Gasteiger partial charge in [0.1, 0.15) is 5.82 Å². The molecule has 0 unspecified atom stereocenters. The van der Waals surface area contributed by atoms with Crippen molar-refractivity contribution in [3.05, 3.63) is 71.7 Å². The first kappa shape index (κ1) is 16.8. The highest BCUT2D eigenvalue weighted by molar-refractivity contribution is 5.98. The third kappa shape index (κ3) is 3.63. The first-order valence-corrected chi connectivity index (χ1v) is 9.02. The molecule has 1 amide bonds. The van der Waals surface area contributed by atoms with Gasteiger partial charge in [0.05, 0.1) is 0 Å². The fourth-order valence-electron chi connectivity index (χ4n) is 3.48. The van der Waals surface area contributed by atoms with Crippen LogP contribution in [0.5, 0.6) is 0 Å². The van der Waals surface area contributed by atoms with Gasteiger partial charge in [0.15, 0.2) is 0 Å². The molecule has 3 aromatic rings. The SMILES string of the molecule is O=C(c1ccc2cc[nH]c2c1)N1CCN(CCc2ccc(F)cc2)CC1. The van der Waals surface area contributed by atoms with Crippen molar-refractivity contribution < 1.29 is 9.18 Å². The number of amides is 1. The van der Waals surface area contributed by atoms with Gasteiger partial charge in [-0.25, -0.2) is 4.39 Å². The van der Waals surface area contributed by atoms with Gasteiger partial charge in [-0.05, 0) is 47.7 Å². The normalized spacial score (nSPS) is 15.5. The molecule has 1 aliphatic heterocycles. The van der Waals surface area contributed by atoms with E-state index in [-0.39, 0.29) is 11.7 Å². The second-order valence-electron chi connectivity index (χ2n) is 6.79. The topological polar surface area (TPSA) is 39.3 Å². The van der Waals surface area contributed by atoms with Gasteiger partial charge >= 0.3 is 0 Å². The molecule has 1 aliphatic rings. The summed E-state index contributed by atoms with van der Waals surface area (Å²) in [5.74, 6) is -0.0990. The molecule has 0 atom stereocenters. The van der Waals surface area contributed by atoms with Crippen molar-refractivity contribution in [2.75, 3.05) is 32.7 Å². The number of nitrogens with one attached hydrogen (secondary N) is 1. The van der Waals surface area contributed by atoms with Gasteiger partial charge in [0.2, 0.25) is 0 Å². The van der Waals surface area contributed by atoms with Crippen molar-refractivity contribution in [3.63, 3.8) is 0 Å². The van der Waals surface area contributed by atoms with Crippen LogP contribution < -0.4 is 0 Å². The molecule has 0 bridgehead atoms. The van der Waals surface area contributed by atoms with Gasteiger partial charge < -0.3 is 9.88 Å². The number of piperazine rings is 1. The number of fused-ring (bicyclic) bond motifs is 1. The number of carbonyl (C=O) groups is 1. The second kappa shape index (κ2) is 7.30. The monoisotopic (exact) mass is 351 g/mol. The van der Waals surface area contributed by atoms with Gasteiger partial charge in [0.25, 0.3) is 5.91 Å². The highest BCUT2D eigenvalue weighted by Gasteiger charge is 2.22. The number of aromatic nitrogens is 1. The molecule has 2 heterocycles. The number of hydrogen-bond donors (Lipinski definition) is 1. The van der Waals surface area contributed by atoms with Gasteiger partial charge in [-0.15, -0.1) is 0 Å². The van der Waals surface area contributed by atoms with Crippen LogP contribution in [0.25, 0.3) is 10.9 Å². The number of H-pyrrole nitrogens is 1. The van der Waals surface area contributed by atoms with E-state index in [1.165, 1.54) is 12.1 Å². The maximum Gasteiger partial charge on any atom is 0.254 e. The number of benzene rings is 2. The van der Waals surface area contributed by atoms with Crippen molar-refractivity contribution in [1.82, 2.24) is 14.8 Å². The standard InChI is InChI=1S/C21H22FN3O/c22-19-5-1-16(2-6-19)8-10-24-11-13-25(14-12-24)21(26)18-4-3-17-7-9-23-20(17)15-18/h1-7,9,15,23H,8,10-14H2. The molecule has 0 spiro atoms. The lowest BCUT2D eigenvalue weighted by molar-refractivity contribution is 0.0638. The van der Waals surface area contributed by atoms with Gasteiger partial charge in [-0.1, -0.05) is 18.2 Å². The molecule has 0 radical (unpaired) electrons. The Bertz CT molecular complexity index is 895. The maximum absolute atomic E-state index is 13.0. The van der Waals surface area contributed by atoms with Crippen LogP contribution in [0.4, 0.5) is 4.39 Å². The zero-order valence-electron chi connectivity index (χ0n) is 14.6. The van der Waals surface area contributed by atoms with E-state index in [1.807, 2.05) is 47.5 Å². The predicted molar refractivity (Wildman–Crippen MR) is 101 cm³/mol. The van der Waals surface area contributed by atoms with Crippen molar-refractivity contribution >= 4 is 16.8 Å². The van der Waals surface area contributed by atoms with Crippen LogP contribution in [0.3, 0.4) is 0 Å². The zero-order chi connectivity index (χ0) is 17.9. The van der Waals surface area contributed by atoms with E-state index >= 15 is 0 Å². The van der Waals surface area contributed by atoms with Crippen LogP contribution in [-0.4, -0.2) is 53.4 Å². The highest BCUT2D eigenvalue weighted by Crippen LogP contribution is 2.16. The lowest BCUT2D eigenvalue weighted by atomic mass is 10.1. The van der Waals surface area contributed by atoms with E-state index in [9.17, 15) is 9.18 Å². The van der Waals surface area contributed by atoms with E-state index in [1.54, 1.807) is 0 Å². The molecule has 4 rings (SSSR count). The summed E-state index contributed by atoms with van der Waals surface area (Å²) in [5.41, 5.74) is 2.87. The first-order chi connectivity index (χ1) is 12.7. The Balaban J connectivity index is 1.31. The molecule has 5 heteroatoms. The number of carbonyl (C=O) groups excluding carboxylic acids is 1. The second-order valence-corrected chi connectivity index (χ2v) is 6.79. The lowest BCUT2D eigenvalue weighted by Crippen LogP contribution is -2.49. The molecule has 1 N–H and O–H groups in total. The smallest absolute Gasteiger partial charge is 0.254 e. The van der Waals surface area contributed by atoms with E-state index in [0.717, 1.165) is 61.2 Å². The fraction of sp³-hybridized carbons (Fsp3) is 0.286. The molecular formula is C21H22FN3O. The molecule has 2 aromatic carbocycles. The Morgan fingerprint density at radius 3 is 2.54 bits per heavy atom. The van der Waals surface area contributed by atoms with Gasteiger partial charge in [0, 0.05) is 50.0 Å². The van der Waals surface area contributed by atoms with E-state index in [2.05, 4.69) is 9.88 Å². The van der Waals surface area contributed by atoms with Crippen LogP contribution >= 0.6 is 0 Å². The van der Waals surface area contributed by atoms with Gasteiger partial charge in [-0.2, -0.15) is 0 Å². The highest BCUT2D eigenvalue weighted by atomic mass is 19.1. The maximum atomic E-state index is 13.0. The minimum absolute atomic E-state index is 0.0969. The summed E-state index contributed by atoms with van der Waals surface area (Å²) >= 11 is 0. The Morgan fingerprint density at radius 2 is 1.77 bits per heavy atom. The first-order valence-electron chi connectivity index (χ1n) is 9.02. The number of rotatable bonds is 4. The fourth-order valence-corrected chi connectivity index (χ4v) is 3.48. The van der Waals surface area contributed by atoms with Crippen LogP contribution in [0.1, 0.15) is 15.9 Å². The molecule has 1 aromatic heterocycles. The van der Waals surface area contributed by atoms with E-state index < -0.39 is 0 Å².